The SMILES string of the molecule is Fc1cccc2c1OCCC[C@H]2N[C@@H]1CCSC1. The molecule has 0 spiro atoms. The predicted octanol–water partition coefficient (Wildman–Crippen LogP) is 3.13. The summed E-state index contributed by atoms with van der Waals surface area (Å²) in [6.07, 6.45) is 3.22. The highest BCUT2D eigenvalue weighted by molar-refractivity contribution is 7.99. The van der Waals surface area contributed by atoms with Crippen molar-refractivity contribution in [2.75, 3.05) is 18.1 Å². The van der Waals surface area contributed by atoms with Gasteiger partial charge in [-0.15, -0.1) is 0 Å². The molecule has 1 fully saturated rings. The van der Waals surface area contributed by atoms with Crippen molar-refractivity contribution >= 4 is 11.8 Å². The Hall–Kier alpha value is -0.740. The molecule has 0 amide bonds. The van der Waals surface area contributed by atoms with E-state index in [0.29, 0.717) is 18.4 Å². The predicted molar refractivity (Wildman–Crippen MR) is 72.7 cm³/mol. The summed E-state index contributed by atoms with van der Waals surface area (Å²) in [7, 11) is 0. The lowest BCUT2D eigenvalue weighted by Crippen LogP contribution is -2.32. The van der Waals surface area contributed by atoms with Crippen LogP contribution in [0.1, 0.15) is 30.9 Å². The molecule has 2 aliphatic heterocycles. The van der Waals surface area contributed by atoms with Gasteiger partial charge in [0.15, 0.2) is 11.6 Å². The first-order valence-electron chi connectivity index (χ1n) is 6.59. The number of rotatable bonds is 2. The molecule has 3 rings (SSSR count). The van der Waals surface area contributed by atoms with Crippen LogP contribution in [-0.4, -0.2) is 24.2 Å². The molecule has 0 radical (unpaired) electrons. The molecular weight excluding hydrogens is 249 g/mol. The van der Waals surface area contributed by atoms with Gasteiger partial charge in [-0.25, -0.2) is 4.39 Å². The summed E-state index contributed by atoms with van der Waals surface area (Å²) < 4.78 is 19.3. The molecule has 0 saturated carbocycles. The van der Waals surface area contributed by atoms with Crippen molar-refractivity contribution in [3.8, 4) is 5.75 Å². The number of nitrogens with one attached hydrogen (secondary N) is 1. The van der Waals surface area contributed by atoms with E-state index in [-0.39, 0.29) is 11.9 Å². The van der Waals surface area contributed by atoms with E-state index in [1.165, 1.54) is 24.0 Å². The van der Waals surface area contributed by atoms with Crippen molar-refractivity contribution in [1.82, 2.24) is 5.32 Å². The number of halogens is 1. The van der Waals surface area contributed by atoms with E-state index >= 15 is 0 Å². The second-order valence-corrected chi connectivity index (χ2v) is 6.08. The second-order valence-electron chi connectivity index (χ2n) is 4.93. The van der Waals surface area contributed by atoms with Crippen LogP contribution in [0.4, 0.5) is 4.39 Å². The largest absolute Gasteiger partial charge is 0.490 e. The fourth-order valence-electron chi connectivity index (χ4n) is 2.69. The third-order valence-electron chi connectivity index (χ3n) is 3.62. The Balaban J connectivity index is 1.84. The second kappa shape index (κ2) is 5.49. The van der Waals surface area contributed by atoms with Crippen LogP contribution in [0.25, 0.3) is 0 Å². The number of para-hydroxylation sites is 1. The molecule has 0 unspecified atom stereocenters. The Kier molecular flexibility index (Phi) is 3.75. The maximum absolute atomic E-state index is 13.8. The number of hydrogen-bond acceptors (Lipinski definition) is 3. The lowest BCUT2D eigenvalue weighted by Gasteiger charge is -2.22. The molecule has 1 aromatic carbocycles. The average molecular weight is 267 g/mol. The zero-order chi connectivity index (χ0) is 12.4. The Morgan fingerprint density at radius 1 is 1.33 bits per heavy atom. The van der Waals surface area contributed by atoms with Crippen LogP contribution in [0.15, 0.2) is 18.2 Å². The minimum absolute atomic E-state index is 0.234. The fraction of sp³-hybridized carbons (Fsp3) is 0.571. The van der Waals surface area contributed by atoms with Gasteiger partial charge in [-0.1, -0.05) is 12.1 Å². The molecule has 1 saturated heterocycles. The van der Waals surface area contributed by atoms with Gasteiger partial charge in [0.2, 0.25) is 0 Å². The molecule has 0 aliphatic carbocycles. The van der Waals surface area contributed by atoms with Crippen molar-refractivity contribution in [2.24, 2.45) is 0 Å². The summed E-state index contributed by atoms with van der Waals surface area (Å²) in [6, 6.07) is 6.05. The van der Waals surface area contributed by atoms with Crippen LogP contribution in [0, 0.1) is 5.82 Å². The maximum Gasteiger partial charge on any atom is 0.165 e. The van der Waals surface area contributed by atoms with Gasteiger partial charge in [-0.05, 0) is 31.1 Å². The highest BCUT2D eigenvalue weighted by Crippen LogP contribution is 2.34. The first kappa shape index (κ1) is 12.3. The van der Waals surface area contributed by atoms with Crippen LogP contribution in [0.2, 0.25) is 0 Å². The number of hydrogen-bond donors (Lipinski definition) is 1. The van der Waals surface area contributed by atoms with Crippen molar-refractivity contribution in [3.05, 3.63) is 29.6 Å². The van der Waals surface area contributed by atoms with Gasteiger partial charge < -0.3 is 10.1 Å². The number of fused-ring (bicyclic) bond motifs is 1. The van der Waals surface area contributed by atoms with Gasteiger partial charge in [0.25, 0.3) is 0 Å². The van der Waals surface area contributed by atoms with Crippen molar-refractivity contribution in [3.63, 3.8) is 0 Å². The van der Waals surface area contributed by atoms with Gasteiger partial charge >= 0.3 is 0 Å². The molecule has 0 aromatic heterocycles. The summed E-state index contributed by atoms with van der Waals surface area (Å²) in [5, 5.41) is 3.67. The summed E-state index contributed by atoms with van der Waals surface area (Å²) in [5.41, 5.74) is 0.990. The first-order valence-corrected chi connectivity index (χ1v) is 7.75. The van der Waals surface area contributed by atoms with Crippen molar-refractivity contribution in [1.29, 1.82) is 0 Å². The normalized spacial score (nSPS) is 27.4. The molecular formula is C14H18FNOS. The van der Waals surface area contributed by atoms with E-state index in [0.717, 1.165) is 18.4 Å². The summed E-state index contributed by atoms with van der Waals surface area (Å²) in [6.45, 7) is 0.617. The van der Waals surface area contributed by atoms with Gasteiger partial charge in [-0.3, -0.25) is 0 Å². The standard InChI is InChI=1S/C14H18FNOS/c15-12-4-1-3-11-13(5-2-7-17-14(11)12)16-10-6-8-18-9-10/h1,3-4,10,13,16H,2,5-9H2/t10-,13-/m1/s1. The molecule has 2 nitrogen and oxygen atoms in total. The summed E-state index contributed by atoms with van der Waals surface area (Å²) in [4.78, 5) is 0. The zero-order valence-corrected chi connectivity index (χ0v) is 11.1. The Labute approximate surface area is 111 Å². The van der Waals surface area contributed by atoms with E-state index in [1.54, 1.807) is 6.07 Å². The van der Waals surface area contributed by atoms with E-state index in [9.17, 15) is 4.39 Å². The molecule has 2 aliphatic rings. The minimum Gasteiger partial charge on any atom is -0.490 e. The average Bonchev–Trinajstić information content (AvgIpc) is 2.79. The first-order chi connectivity index (χ1) is 8.84. The van der Waals surface area contributed by atoms with Gasteiger partial charge in [-0.2, -0.15) is 11.8 Å². The fourth-order valence-corrected chi connectivity index (χ4v) is 3.86. The molecule has 2 atom stereocenters. The summed E-state index contributed by atoms with van der Waals surface area (Å²) >= 11 is 1.99. The van der Waals surface area contributed by atoms with Crippen LogP contribution in [0.5, 0.6) is 5.75 Å². The highest BCUT2D eigenvalue weighted by Gasteiger charge is 2.25. The molecule has 98 valence electrons. The third-order valence-corrected chi connectivity index (χ3v) is 4.79. The Bertz CT molecular complexity index is 420. The van der Waals surface area contributed by atoms with E-state index in [1.807, 2.05) is 17.8 Å². The van der Waals surface area contributed by atoms with Crippen molar-refractivity contribution in [2.45, 2.75) is 31.3 Å². The van der Waals surface area contributed by atoms with Crippen LogP contribution in [-0.2, 0) is 0 Å². The van der Waals surface area contributed by atoms with Crippen LogP contribution < -0.4 is 10.1 Å². The topological polar surface area (TPSA) is 21.3 Å². The molecule has 4 heteroatoms. The molecule has 18 heavy (non-hydrogen) atoms. The minimum atomic E-state index is -0.234. The maximum atomic E-state index is 13.8. The Morgan fingerprint density at radius 3 is 3.11 bits per heavy atom. The molecule has 1 aromatic rings. The van der Waals surface area contributed by atoms with Crippen molar-refractivity contribution < 1.29 is 9.13 Å². The lowest BCUT2D eigenvalue weighted by molar-refractivity contribution is 0.300. The smallest absolute Gasteiger partial charge is 0.165 e. The molecule has 2 heterocycles. The summed E-state index contributed by atoms with van der Waals surface area (Å²) in [5.74, 6) is 2.62. The third kappa shape index (κ3) is 2.50. The van der Waals surface area contributed by atoms with Gasteiger partial charge in [0.1, 0.15) is 0 Å². The lowest BCUT2D eigenvalue weighted by atomic mass is 10.0. The van der Waals surface area contributed by atoms with E-state index < -0.39 is 0 Å². The molecule has 0 bridgehead atoms. The Morgan fingerprint density at radius 2 is 2.28 bits per heavy atom. The number of ether oxygens (including phenoxy) is 1. The van der Waals surface area contributed by atoms with E-state index in [2.05, 4.69) is 5.32 Å². The molecule has 1 N–H and O–H groups in total. The van der Waals surface area contributed by atoms with E-state index in [4.69, 9.17) is 4.74 Å². The monoisotopic (exact) mass is 267 g/mol. The van der Waals surface area contributed by atoms with Gasteiger partial charge in [0.05, 0.1) is 6.61 Å². The number of thioether (sulfide) groups is 1. The highest BCUT2D eigenvalue weighted by atomic mass is 32.2. The van der Waals surface area contributed by atoms with Crippen LogP contribution >= 0.6 is 11.8 Å². The zero-order valence-electron chi connectivity index (χ0n) is 10.3. The van der Waals surface area contributed by atoms with Gasteiger partial charge in [0, 0.05) is 23.4 Å². The quantitative estimate of drug-likeness (QED) is 0.889. The van der Waals surface area contributed by atoms with Crippen LogP contribution in [0.3, 0.4) is 0 Å². The number of benzene rings is 1.